The lowest BCUT2D eigenvalue weighted by atomic mass is 10.0. The highest BCUT2D eigenvalue weighted by Gasteiger charge is 2.30. The topological polar surface area (TPSA) is 51.2 Å². The number of nitrogens with one attached hydrogen (secondary N) is 1. The van der Waals surface area contributed by atoms with Gasteiger partial charge in [-0.1, -0.05) is 96.5 Å². The number of rotatable bonds is 18. The second-order valence-corrected chi connectivity index (χ2v) is 9.34. The quantitative estimate of drug-likeness (QED) is 0.162. The molecular formula is C29H41F3N2O2. The molecule has 0 amide bonds. The Kier molecular flexibility index (Phi) is 14.0. The highest BCUT2D eigenvalue weighted by Crippen LogP contribution is 2.31. The molecule has 0 saturated carbocycles. The summed E-state index contributed by atoms with van der Waals surface area (Å²) in [6, 6.07) is 7.93. The average molecular weight is 507 g/mol. The molecule has 2 rings (SSSR count). The van der Waals surface area contributed by atoms with Crippen molar-refractivity contribution in [1.29, 1.82) is 0 Å². The number of esters is 1. The van der Waals surface area contributed by atoms with Crippen molar-refractivity contribution in [1.82, 2.24) is 4.98 Å². The molecule has 0 aliphatic heterocycles. The highest BCUT2D eigenvalue weighted by atomic mass is 19.4. The first kappa shape index (κ1) is 29.7. The van der Waals surface area contributed by atoms with Gasteiger partial charge < -0.3 is 10.1 Å². The van der Waals surface area contributed by atoms with Crippen LogP contribution in [0.3, 0.4) is 0 Å². The van der Waals surface area contributed by atoms with Crippen LogP contribution in [0, 0.1) is 0 Å². The molecular weight excluding hydrogens is 465 g/mol. The smallest absolute Gasteiger partial charge is 0.416 e. The lowest BCUT2D eigenvalue weighted by Gasteiger charge is -2.12. The minimum absolute atomic E-state index is 0.169. The molecule has 1 N–H and O–H groups in total. The third-order valence-electron chi connectivity index (χ3n) is 6.21. The Labute approximate surface area is 214 Å². The molecule has 1 heterocycles. The van der Waals surface area contributed by atoms with Crippen molar-refractivity contribution in [2.75, 3.05) is 11.9 Å². The second kappa shape index (κ2) is 17.0. The number of carbonyl (C=O) groups is 1. The van der Waals surface area contributed by atoms with Crippen molar-refractivity contribution in [3.63, 3.8) is 0 Å². The molecule has 0 atom stereocenters. The molecule has 0 bridgehead atoms. The normalized spacial score (nSPS) is 11.4. The maximum atomic E-state index is 13.0. The second-order valence-electron chi connectivity index (χ2n) is 9.34. The minimum Gasteiger partial charge on any atom is -0.462 e. The van der Waals surface area contributed by atoms with Crippen LogP contribution in [0.4, 0.5) is 24.7 Å². The summed E-state index contributed by atoms with van der Waals surface area (Å²) in [5.74, 6) is -0.366. The molecule has 200 valence electrons. The molecule has 2 aromatic rings. The molecule has 0 fully saturated rings. The zero-order valence-corrected chi connectivity index (χ0v) is 21.5. The Balaban J connectivity index is 1.61. The van der Waals surface area contributed by atoms with E-state index in [9.17, 15) is 18.0 Å². The van der Waals surface area contributed by atoms with E-state index in [0.29, 0.717) is 6.61 Å². The van der Waals surface area contributed by atoms with Crippen LogP contribution in [-0.4, -0.2) is 17.6 Å². The van der Waals surface area contributed by atoms with E-state index in [0.717, 1.165) is 31.4 Å². The van der Waals surface area contributed by atoms with Crippen LogP contribution >= 0.6 is 0 Å². The standard InChI is InChI=1S/C29H41F3N2O2/c1-2-3-4-5-6-7-8-9-10-11-12-13-14-15-22-36-28(35)26-20-17-21-33-27(26)34-25-19-16-18-24(23-25)29(30,31)32/h16-21,23H,2-15,22H2,1H3,(H,33,34). The maximum absolute atomic E-state index is 13.0. The van der Waals surface area contributed by atoms with E-state index in [1.165, 1.54) is 89.0 Å². The van der Waals surface area contributed by atoms with Crippen molar-refractivity contribution >= 4 is 17.5 Å². The van der Waals surface area contributed by atoms with Gasteiger partial charge in [0.05, 0.1) is 12.2 Å². The van der Waals surface area contributed by atoms with Gasteiger partial charge >= 0.3 is 12.1 Å². The van der Waals surface area contributed by atoms with E-state index in [2.05, 4.69) is 17.2 Å². The third-order valence-corrected chi connectivity index (χ3v) is 6.21. The van der Waals surface area contributed by atoms with E-state index in [1.807, 2.05) is 0 Å². The summed E-state index contributed by atoms with van der Waals surface area (Å²) in [5.41, 5.74) is -0.379. The van der Waals surface area contributed by atoms with Gasteiger partial charge in [0.15, 0.2) is 0 Å². The van der Waals surface area contributed by atoms with Gasteiger partial charge in [-0.25, -0.2) is 9.78 Å². The first-order valence-corrected chi connectivity index (χ1v) is 13.5. The van der Waals surface area contributed by atoms with Crippen LogP contribution in [0.1, 0.15) is 113 Å². The average Bonchev–Trinajstić information content (AvgIpc) is 2.86. The Hall–Kier alpha value is -2.57. The SMILES string of the molecule is CCCCCCCCCCCCCCCCOC(=O)c1cccnc1Nc1cccc(C(F)(F)F)c1. The number of aromatic nitrogens is 1. The zero-order valence-electron chi connectivity index (χ0n) is 21.5. The zero-order chi connectivity index (χ0) is 26.1. The van der Waals surface area contributed by atoms with Crippen molar-refractivity contribution in [3.05, 3.63) is 53.7 Å². The minimum atomic E-state index is -4.45. The summed E-state index contributed by atoms with van der Waals surface area (Å²) < 4.78 is 44.3. The van der Waals surface area contributed by atoms with Crippen molar-refractivity contribution in [3.8, 4) is 0 Å². The van der Waals surface area contributed by atoms with E-state index >= 15 is 0 Å². The first-order valence-electron chi connectivity index (χ1n) is 13.5. The van der Waals surface area contributed by atoms with Gasteiger partial charge in [0.25, 0.3) is 0 Å². The Morgan fingerprint density at radius 2 is 1.42 bits per heavy atom. The van der Waals surface area contributed by atoms with Crippen LogP contribution in [0.5, 0.6) is 0 Å². The van der Waals surface area contributed by atoms with Gasteiger partial charge in [-0.3, -0.25) is 0 Å². The van der Waals surface area contributed by atoms with E-state index in [1.54, 1.807) is 12.1 Å². The van der Waals surface area contributed by atoms with E-state index < -0.39 is 17.7 Å². The van der Waals surface area contributed by atoms with Crippen LogP contribution in [0.25, 0.3) is 0 Å². The molecule has 0 saturated heterocycles. The third kappa shape index (κ3) is 11.9. The molecule has 36 heavy (non-hydrogen) atoms. The monoisotopic (exact) mass is 506 g/mol. The van der Waals surface area contributed by atoms with Crippen LogP contribution in [0.2, 0.25) is 0 Å². The number of carbonyl (C=O) groups excluding carboxylic acids is 1. The summed E-state index contributed by atoms with van der Waals surface area (Å²) in [6.07, 6.45) is 14.6. The predicted octanol–water partition coefficient (Wildman–Crippen LogP) is 9.48. The fourth-order valence-corrected chi connectivity index (χ4v) is 4.12. The summed E-state index contributed by atoms with van der Waals surface area (Å²) in [5, 5.41) is 2.81. The van der Waals surface area contributed by atoms with Gasteiger partial charge in [0.2, 0.25) is 0 Å². The van der Waals surface area contributed by atoms with Gasteiger partial charge in [0, 0.05) is 11.9 Å². The fraction of sp³-hybridized carbons (Fsp3) is 0.586. The Bertz CT molecular complexity index is 887. The van der Waals surface area contributed by atoms with Crippen molar-refractivity contribution in [2.45, 2.75) is 103 Å². The van der Waals surface area contributed by atoms with Gasteiger partial charge in [-0.05, 0) is 36.8 Å². The summed E-state index contributed by atoms with van der Waals surface area (Å²) >= 11 is 0. The van der Waals surface area contributed by atoms with Crippen molar-refractivity contribution in [2.24, 2.45) is 0 Å². The number of pyridine rings is 1. The van der Waals surface area contributed by atoms with Gasteiger partial charge in [-0.2, -0.15) is 13.2 Å². The molecule has 0 aliphatic rings. The van der Waals surface area contributed by atoms with E-state index in [4.69, 9.17) is 4.74 Å². The number of alkyl halides is 3. The maximum Gasteiger partial charge on any atom is 0.416 e. The summed E-state index contributed by atoms with van der Waals surface area (Å²) in [7, 11) is 0. The Morgan fingerprint density at radius 3 is 2.00 bits per heavy atom. The number of benzene rings is 1. The first-order chi connectivity index (χ1) is 17.4. The highest BCUT2D eigenvalue weighted by molar-refractivity contribution is 5.95. The molecule has 7 heteroatoms. The molecule has 0 aliphatic carbocycles. The molecule has 1 aromatic carbocycles. The van der Waals surface area contributed by atoms with E-state index in [-0.39, 0.29) is 17.1 Å². The molecule has 1 aromatic heterocycles. The van der Waals surface area contributed by atoms with Gasteiger partial charge in [-0.15, -0.1) is 0 Å². The number of hydrogen-bond acceptors (Lipinski definition) is 4. The summed E-state index contributed by atoms with van der Waals surface area (Å²) in [6.45, 7) is 2.56. The largest absolute Gasteiger partial charge is 0.462 e. The van der Waals surface area contributed by atoms with Crippen LogP contribution in [-0.2, 0) is 10.9 Å². The molecule has 0 radical (unpaired) electrons. The molecule has 0 spiro atoms. The fourth-order valence-electron chi connectivity index (χ4n) is 4.12. The van der Waals surface area contributed by atoms with Crippen molar-refractivity contribution < 1.29 is 22.7 Å². The predicted molar refractivity (Wildman–Crippen MR) is 140 cm³/mol. The number of halogens is 3. The lowest BCUT2D eigenvalue weighted by molar-refractivity contribution is -0.137. The Morgan fingerprint density at radius 1 is 0.833 bits per heavy atom. The van der Waals surface area contributed by atoms with Gasteiger partial charge in [0.1, 0.15) is 11.4 Å². The number of anilines is 2. The number of ether oxygens (including phenoxy) is 1. The number of unbranched alkanes of at least 4 members (excludes halogenated alkanes) is 13. The number of hydrogen-bond donors (Lipinski definition) is 1. The summed E-state index contributed by atoms with van der Waals surface area (Å²) in [4.78, 5) is 16.6. The van der Waals surface area contributed by atoms with Crippen LogP contribution < -0.4 is 5.32 Å². The molecule has 4 nitrogen and oxygen atoms in total. The lowest BCUT2D eigenvalue weighted by Crippen LogP contribution is -2.11. The van der Waals surface area contributed by atoms with Crippen LogP contribution in [0.15, 0.2) is 42.6 Å². The number of nitrogens with zero attached hydrogens (tertiary/aromatic N) is 1. The molecule has 0 unspecified atom stereocenters.